The van der Waals surface area contributed by atoms with Crippen molar-refractivity contribution in [1.82, 2.24) is 4.90 Å². The molecule has 26 heavy (non-hydrogen) atoms. The molecule has 6 nitrogen and oxygen atoms in total. The Morgan fingerprint density at radius 3 is 2.35 bits per heavy atom. The molecule has 0 saturated heterocycles. The van der Waals surface area contributed by atoms with Crippen LogP contribution in [0.15, 0.2) is 53.4 Å². The van der Waals surface area contributed by atoms with Gasteiger partial charge in [0.15, 0.2) is 16.4 Å². The molecule has 0 spiro atoms. The highest BCUT2D eigenvalue weighted by molar-refractivity contribution is 7.90. The van der Waals surface area contributed by atoms with E-state index < -0.39 is 15.8 Å². The lowest BCUT2D eigenvalue weighted by Gasteiger charge is -2.28. The van der Waals surface area contributed by atoms with E-state index in [1.165, 1.54) is 29.8 Å². The lowest BCUT2D eigenvalue weighted by molar-refractivity contribution is -0.135. The first-order valence-corrected chi connectivity index (χ1v) is 10.1. The lowest BCUT2D eigenvalue weighted by atomic mass is 10.00. The number of hydrogen-bond donors (Lipinski definition) is 0. The van der Waals surface area contributed by atoms with Gasteiger partial charge in [-0.15, -0.1) is 0 Å². The van der Waals surface area contributed by atoms with E-state index in [0.29, 0.717) is 13.1 Å². The normalized spacial score (nSPS) is 13.8. The van der Waals surface area contributed by atoms with Gasteiger partial charge in [0.1, 0.15) is 0 Å². The Morgan fingerprint density at radius 1 is 1.04 bits per heavy atom. The summed E-state index contributed by atoms with van der Waals surface area (Å²) in [5.41, 5.74) is 2.54. The van der Waals surface area contributed by atoms with Crippen molar-refractivity contribution in [2.75, 3.05) is 19.4 Å². The molecular formula is C19H19NO5S. The van der Waals surface area contributed by atoms with Gasteiger partial charge in [-0.25, -0.2) is 13.2 Å². The first-order valence-electron chi connectivity index (χ1n) is 8.16. The number of nitrogens with zero attached hydrogens (tertiary/aromatic N) is 1. The number of fused-ring (bicyclic) bond motifs is 1. The molecule has 2 aromatic carbocycles. The average molecular weight is 373 g/mol. The lowest BCUT2D eigenvalue weighted by Crippen LogP contribution is -2.38. The summed E-state index contributed by atoms with van der Waals surface area (Å²) in [7, 11) is -3.32. The summed E-state index contributed by atoms with van der Waals surface area (Å²) in [5.74, 6) is -0.906. The smallest absolute Gasteiger partial charge is 0.338 e. The zero-order valence-corrected chi connectivity index (χ0v) is 15.2. The molecule has 136 valence electrons. The summed E-state index contributed by atoms with van der Waals surface area (Å²) in [6.45, 7) is 0.765. The van der Waals surface area contributed by atoms with E-state index in [9.17, 15) is 18.0 Å². The molecule has 1 amide bonds. The molecule has 0 bridgehead atoms. The van der Waals surface area contributed by atoms with Crippen molar-refractivity contribution in [3.63, 3.8) is 0 Å². The van der Waals surface area contributed by atoms with E-state index in [2.05, 4.69) is 6.07 Å². The van der Waals surface area contributed by atoms with Crippen LogP contribution in [0.4, 0.5) is 0 Å². The second-order valence-corrected chi connectivity index (χ2v) is 8.22. The molecule has 0 aliphatic carbocycles. The highest BCUT2D eigenvalue weighted by Gasteiger charge is 2.21. The molecule has 7 heteroatoms. The number of ether oxygens (including phenoxy) is 1. The molecular weight excluding hydrogens is 354 g/mol. The Bertz CT molecular complexity index is 935. The van der Waals surface area contributed by atoms with Crippen LogP contribution in [0.25, 0.3) is 0 Å². The van der Waals surface area contributed by atoms with E-state index in [0.717, 1.165) is 18.2 Å². The summed E-state index contributed by atoms with van der Waals surface area (Å²) < 4.78 is 27.9. The van der Waals surface area contributed by atoms with Gasteiger partial charge in [-0.3, -0.25) is 4.79 Å². The van der Waals surface area contributed by atoms with E-state index in [-0.39, 0.29) is 23.0 Å². The number of carbonyl (C=O) groups excluding carboxylic acids is 2. The summed E-state index contributed by atoms with van der Waals surface area (Å²) in [5, 5.41) is 0. The third-order valence-corrected chi connectivity index (χ3v) is 5.46. The molecule has 3 rings (SSSR count). The van der Waals surface area contributed by atoms with Gasteiger partial charge in [0.25, 0.3) is 5.91 Å². The molecule has 2 aromatic rings. The SMILES string of the molecule is CS(=O)(=O)c1ccc(C(=O)OCC(=O)N2CCc3ccccc3C2)cc1. The van der Waals surface area contributed by atoms with Gasteiger partial charge in [-0.05, 0) is 41.8 Å². The molecule has 0 unspecified atom stereocenters. The van der Waals surface area contributed by atoms with Crippen LogP contribution in [0.3, 0.4) is 0 Å². The maximum atomic E-state index is 12.3. The van der Waals surface area contributed by atoms with Crippen LogP contribution in [0.1, 0.15) is 21.5 Å². The predicted molar refractivity (Wildman–Crippen MR) is 95.4 cm³/mol. The molecule has 1 aliphatic rings. The summed E-state index contributed by atoms with van der Waals surface area (Å²) in [6, 6.07) is 13.4. The van der Waals surface area contributed by atoms with E-state index in [1.807, 2.05) is 18.2 Å². The van der Waals surface area contributed by atoms with Crippen molar-refractivity contribution >= 4 is 21.7 Å². The van der Waals surface area contributed by atoms with E-state index in [1.54, 1.807) is 4.90 Å². The van der Waals surface area contributed by atoms with E-state index >= 15 is 0 Å². The Morgan fingerprint density at radius 2 is 1.69 bits per heavy atom. The van der Waals surface area contributed by atoms with Crippen molar-refractivity contribution in [2.45, 2.75) is 17.9 Å². The van der Waals surface area contributed by atoms with Gasteiger partial charge in [0, 0.05) is 19.3 Å². The number of esters is 1. The second kappa shape index (κ2) is 7.29. The number of benzene rings is 2. The van der Waals surface area contributed by atoms with Crippen molar-refractivity contribution in [1.29, 1.82) is 0 Å². The maximum absolute atomic E-state index is 12.3. The Hall–Kier alpha value is -2.67. The molecule has 0 aromatic heterocycles. The Kier molecular flexibility index (Phi) is 5.08. The third-order valence-electron chi connectivity index (χ3n) is 4.33. The molecule has 0 N–H and O–H groups in total. The zero-order valence-electron chi connectivity index (χ0n) is 14.3. The van der Waals surface area contributed by atoms with Crippen molar-refractivity contribution in [3.05, 3.63) is 65.2 Å². The van der Waals surface area contributed by atoms with Crippen LogP contribution in [0, 0.1) is 0 Å². The summed E-state index contributed by atoms with van der Waals surface area (Å²) >= 11 is 0. The topological polar surface area (TPSA) is 80.7 Å². The number of hydrogen-bond acceptors (Lipinski definition) is 5. The number of amides is 1. The van der Waals surface area contributed by atoms with Gasteiger partial charge >= 0.3 is 5.97 Å². The van der Waals surface area contributed by atoms with Crippen LogP contribution >= 0.6 is 0 Å². The van der Waals surface area contributed by atoms with Crippen LogP contribution in [0.5, 0.6) is 0 Å². The largest absolute Gasteiger partial charge is 0.452 e. The molecule has 0 fully saturated rings. The third kappa shape index (κ3) is 4.11. The van der Waals surface area contributed by atoms with Crippen molar-refractivity contribution in [2.24, 2.45) is 0 Å². The van der Waals surface area contributed by atoms with Gasteiger partial charge in [-0.2, -0.15) is 0 Å². The highest BCUT2D eigenvalue weighted by atomic mass is 32.2. The highest BCUT2D eigenvalue weighted by Crippen LogP contribution is 2.18. The maximum Gasteiger partial charge on any atom is 0.338 e. The quantitative estimate of drug-likeness (QED) is 0.764. The Labute approximate surface area is 152 Å². The minimum absolute atomic E-state index is 0.122. The van der Waals surface area contributed by atoms with Gasteiger partial charge in [0.05, 0.1) is 10.5 Å². The van der Waals surface area contributed by atoms with Crippen LogP contribution < -0.4 is 0 Å². The summed E-state index contributed by atoms with van der Waals surface area (Å²) in [4.78, 5) is 26.1. The van der Waals surface area contributed by atoms with Gasteiger partial charge in [-0.1, -0.05) is 24.3 Å². The zero-order chi connectivity index (χ0) is 18.7. The van der Waals surface area contributed by atoms with Crippen LogP contribution in [-0.4, -0.2) is 44.6 Å². The second-order valence-electron chi connectivity index (χ2n) is 6.21. The minimum atomic E-state index is -3.32. The molecule has 0 saturated carbocycles. The fourth-order valence-corrected chi connectivity index (χ4v) is 3.48. The Balaban J connectivity index is 1.57. The van der Waals surface area contributed by atoms with E-state index in [4.69, 9.17) is 4.74 Å². The number of sulfone groups is 1. The minimum Gasteiger partial charge on any atom is -0.452 e. The average Bonchev–Trinajstić information content (AvgIpc) is 2.64. The molecule has 0 atom stereocenters. The fraction of sp³-hybridized carbons (Fsp3) is 0.263. The van der Waals surface area contributed by atoms with Crippen molar-refractivity contribution < 1.29 is 22.7 Å². The number of rotatable bonds is 4. The monoisotopic (exact) mass is 373 g/mol. The molecule has 1 heterocycles. The molecule has 1 aliphatic heterocycles. The number of carbonyl (C=O) groups is 2. The standard InChI is InChI=1S/C19H19NO5S/c1-26(23,24)17-8-6-15(7-9-17)19(22)25-13-18(21)20-11-10-14-4-2-3-5-16(14)12-20/h2-9H,10-13H2,1H3. The predicted octanol–water partition coefficient (Wildman–Crippen LogP) is 1.83. The first-order chi connectivity index (χ1) is 12.3. The van der Waals surface area contributed by atoms with Gasteiger partial charge < -0.3 is 9.64 Å². The van der Waals surface area contributed by atoms with Gasteiger partial charge in [0.2, 0.25) is 0 Å². The molecule has 0 radical (unpaired) electrons. The fourth-order valence-electron chi connectivity index (χ4n) is 2.85. The summed E-state index contributed by atoms with van der Waals surface area (Å²) in [6.07, 6.45) is 1.87. The van der Waals surface area contributed by atoms with Crippen LogP contribution in [-0.2, 0) is 32.3 Å². The van der Waals surface area contributed by atoms with Crippen molar-refractivity contribution in [3.8, 4) is 0 Å². The van der Waals surface area contributed by atoms with Crippen LogP contribution in [0.2, 0.25) is 0 Å². The first kappa shape index (κ1) is 18.1.